The van der Waals surface area contributed by atoms with E-state index in [0.717, 1.165) is 23.5 Å². The molecule has 0 rings (SSSR count). The van der Waals surface area contributed by atoms with Crippen LogP contribution in [-0.4, -0.2) is 175 Å². The van der Waals surface area contributed by atoms with E-state index in [2.05, 4.69) is 53.2 Å². The molecule has 0 bridgehead atoms. The molecule has 0 aromatic rings. The number of ketones is 1. The molecule has 0 spiro atoms. The molecule has 0 aliphatic heterocycles. The van der Waals surface area contributed by atoms with Gasteiger partial charge in [-0.05, 0) is 96.4 Å². The summed E-state index contributed by atoms with van der Waals surface area (Å²) in [6.45, 7) is 8.78. The molecular formula is C53H94N14O14S2. The van der Waals surface area contributed by atoms with Gasteiger partial charge < -0.3 is 76.1 Å². The molecule has 0 saturated heterocycles. The molecule has 0 aliphatic carbocycles. The molecule has 472 valence electrons. The Hall–Kier alpha value is -6.56. The van der Waals surface area contributed by atoms with Crippen molar-refractivity contribution < 1.29 is 67.1 Å². The van der Waals surface area contributed by atoms with Crippen molar-refractivity contribution in [3.05, 3.63) is 0 Å². The first kappa shape index (κ1) is 76.4. The number of carbonyl (C=O) groups is 14. The first-order valence-electron chi connectivity index (χ1n) is 28.4. The summed E-state index contributed by atoms with van der Waals surface area (Å²) in [5.74, 6) is -8.37. The van der Waals surface area contributed by atoms with E-state index in [1.807, 2.05) is 0 Å². The summed E-state index contributed by atoms with van der Waals surface area (Å²) in [4.78, 5) is 175. The van der Waals surface area contributed by atoms with Crippen LogP contribution in [0.3, 0.4) is 0 Å². The molecule has 13 amide bonds. The minimum absolute atomic E-state index is 0.0150. The SMILES string of the molecule is CCC(=O)NCCCCC(NC(=O)CC)C(=O)NC(CCCCNC(=O)CSCC(NC(C)=O)C(=O)CC(CCCCN)C(=O)NC(CSCC(=O)NCCCCC(NC(=O)C(CCCCNC(C)=O)NC(C)=O)C(N)=O)C(N)=O)C(N)=O. The number of amides is 13. The Morgan fingerprint density at radius 3 is 1.16 bits per heavy atom. The molecule has 83 heavy (non-hydrogen) atoms. The quantitative estimate of drug-likeness (QED) is 0.0281. The van der Waals surface area contributed by atoms with Crippen LogP contribution in [0.15, 0.2) is 0 Å². The summed E-state index contributed by atoms with van der Waals surface area (Å²) in [6.07, 6.45) is 5.94. The van der Waals surface area contributed by atoms with Crippen LogP contribution in [0.25, 0.3) is 0 Å². The van der Waals surface area contributed by atoms with Gasteiger partial charge in [-0.2, -0.15) is 0 Å². The van der Waals surface area contributed by atoms with Crippen molar-refractivity contribution in [2.24, 2.45) is 28.9 Å². The van der Waals surface area contributed by atoms with Crippen molar-refractivity contribution in [3.8, 4) is 0 Å². The summed E-state index contributed by atoms with van der Waals surface area (Å²) < 4.78 is 0. The molecule has 0 fully saturated rings. The topological polar surface area (TPSA) is 463 Å². The Labute approximate surface area is 495 Å². The highest BCUT2D eigenvalue weighted by Crippen LogP contribution is 2.18. The molecule has 7 unspecified atom stereocenters. The van der Waals surface area contributed by atoms with Gasteiger partial charge in [-0.25, -0.2) is 0 Å². The van der Waals surface area contributed by atoms with E-state index in [4.69, 9.17) is 22.9 Å². The van der Waals surface area contributed by atoms with Gasteiger partial charge in [-0.1, -0.05) is 20.3 Å². The third-order valence-electron chi connectivity index (χ3n) is 12.6. The van der Waals surface area contributed by atoms with Crippen molar-refractivity contribution in [2.75, 3.05) is 55.7 Å². The molecule has 0 saturated carbocycles. The largest absolute Gasteiger partial charge is 0.368 e. The van der Waals surface area contributed by atoms with E-state index in [9.17, 15) is 67.1 Å². The molecule has 0 radical (unpaired) electrons. The summed E-state index contributed by atoms with van der Waals surface area (Å²) in [6, 6.07) is -6.22. The number of nitrogens with two attached hydrogens (primary N) is 4. The van der Waals surface area contributed by atoms with E-state index in [1.165, 1.54) is 20.8 Å². The number of thioether (sulfide) groups is 2. The number of nitrogens with one attached hydrogen (secondary N) is 10. The first-order chi connectivity index (χ1) is 39.3. The third kappa shape index (κ3) is 38.8. The van der Waals surface area contributed by atoms with Crippen LogP contribution in [0, 0.1) is 5.92 Å². The fourth-order valence-electron chi connectivity index (χ4n) is 7.99. The van der Waals surface area contributed by atoms with Crippen molar-refractivity contribution in [2.45, 2.75) is 186 Å². The van der Waals surface area contributed by atoms with Gasteiger partial charge in [-0.15, -0.1) is 23.5 Å². The fourth-order valence-corrected chi connectivity index (χ4v) is 9.79. The second kappa shape index (κ2) is 45.9. The minimum Gasteiger partial charge on any atom is -0.368 e. The predicted octanol–water partition coefficient (Wildman–Crippen LogP) is -2.45. The highest BCUT2D eigenvalue weighted by Gasteiger charge is 2.31. The number of rotatable bonds is 49. The van der Waals surface area contributed by atoms with Gasteiger partial charge in [0.1, 0.15) is 30.2 Å². The number of primary amides is 3. The zero-order valence-corrected chi connectivity index (χ0v) is 50.6. The minimum atomic E-state index is -1.22. The highest BCUT2D eigenvalue weighted by atomic mass is 32.2. The van der Waals surface area contributed by atoms with Crippen LogP contribution < -0.4 is 76.1 Å². The van der Waals surface area contributed by atoms with Crippen molar-refractivity contribution >= 4 is 106 Å². The number of hydrogen-bond acceptors (Lipinski definition) is 17. The number of unbranched alkanes of at least 4 members (excludes halogenated alkanes) is 5. The molecular weight excluding hydrogens is 1120 g/mol. The highest BCUT2D eigenvalue weighted by molar-refractivity contribution is 8.00. The first-order valence-corrected chi connectivity index (χ1v) is 30.7. The van der Waals surface area contributed by atoms with Crippen LogP contribution in [0.5, 0.6) is 0 Å². The maximum absolute atomic E-state index is 13.7. The average Bonchev–Trinajstić information content (AvgIpc) is 3.43. The molecule has 0 aliphatic rings. The zero-order chi connectivity index (χ0) is 62.7. The van der Waals surface area contributed by atoms with Gasteiger partial charge in [0, 0.05) is 83.6 Å². The molecule has 30 heteroatoms. The van der Waals surface area contributed by atoms with Crippen LogP contribution in [0.4, 0.5) is 0 Å². The second-order valence-electron chi connectivity index (χ2n) is 19.9. The Morgan fingerprint density at radius 2 is 0.747 bits per heavy atom. The van der Waals surface area contributed by atoms with Gasteiger partial charge >= 0.3 is 0 Å². The molecule has 0 heterocycles. The Kier molecular flexibility index (Phi) is 42.3. The van der Waals surface area contributed by atoms with Crippen LogP contribution >= 0.6 is 23.5 Å². The molecule has 18 N–H and O–H groups in total. The second-order valence-corrected chi connectivity index (χ2v) is 22.0. The van der Waals surface area contributed by atoms with Gasteiger partial charge in [0.25, 0.3) is 0 Å². The van der Waals surface area contributed by atoms with Crippen LogP contribution in [-0.2, 0) is 67.1 Å². The normalized spacial score (nSPS) is 13.4. The lowest BCUT2D eigenvalue weighted by Gasteiger charge is -2.23. The smallest absolute Gasteiger partial charge is 0.243 e. The van der Waals surface area contributed by atoms with Gasteiger partial charge in [0.2, 0.25) is 76.8 Å². The Balaban J connectivity index is 5.23. The van der Waals surface area contributed by atoms with E-state index in [0.29, 0.717) is 90.3 Å². The zero-order valence-electron chi connectivity index (χ0n) is 49.0. The molecule has 0 aromatic carbocycles. The van der Waals surface area contributed by atoms with E-state index >= 15 is 0 Å². The maximum Gasteiger partial charge on any atom is 0.243 e. The number of Topliss-reactive ketones (excluding diaryl/α,β-unsaturated/α-hetero) is 1. The summed E-state index contributed by atoms with van der Waals surface area (Å²) in [5.41, 5.74) is 22.5. The Bertz CT molecular complexity index is 2130. The predicted molar refractivity (Wildman–Crippen MR) is 315 cm³/mol. The van der Waals surface area contributed by atoms with Crippen molar-refractivity contribution in [1.29, 1.82) is 0 Å². The van der Waals surface area contributed by atoms with Crippen molar-refractivity contribution in [1.82, 2.24) is 53.2 Å². The van der Waals surface area contributed by atoms with E-state index < -0.39 is 101 Å². The lowest BCUT2D eigenvalue weighted by molar-refractivity contribution is -0.133. The number of carbonyl (C=O) groups excluding carboxylic acids is 14. The molecule has 28 nitrogen and oxygen atoms in total. The summed E-state index contributed by atoms with van der Waals surface area (Å²) >= 11 is 2.09. The lowest BCUT2D eigenvalue weighted by Crippen LogP contribution is -2.52. The van der Waals surface area contributed by atoms with E-state index in [-0.39, 0.29) is 105 Å². The fraction of sp³-hybridized carbons (Fsp3) is 0.736. The average molecular weight is 1220 g/mol. The van der Waals surface area contributed by atoms with Gasteiger partial charge in [0.05, 0.1) is 17.5 Å². The molecule has 7 atom stereocenters. The monoisotopic (exact) mass is 1210 g/mol. The van der Waals surface area contributed by atoms with E-state index in [1.54, 1.807) is 13.8 Å². The van der Waals surface area contributed by atoms with Gasteiger partial charge in [0.15, 0.2) is 5.78 Å². The summed E-state index contributed by atoms with van der Waals surface area (Å²) in [5, 5.41) is 26.5. The third-order valence-corrected chi connectivity index (χ3v) is 14.7. The van der Waals surface area contributed by atoms with Gasteiger partial charge in [-0.3, -0.25) is 67.1 Å². The number of hydrogen-bond donors (Lipinski definition) is 14. The molecule has 0 aromatic heterocycles. The Morgan fingerprint density at radius 1 is 0.373 bits per heavy atom. The standard InChI is InChI=1S/C53H94N14O14S2/c1-6-44(72)59-25-17-12-22-40(64-45(73)7-2)53(81)66-38(49(56)77)20-10-16-26-60-46(74)31-82-29-41(63-35(5)70)43(71)28-36(18-8-13-23-54)51(79)67-42(50(57)78)30-83-32-47(75)61-27-15-9-19-37(48(55)76)65-52(80)39(62-34(4)69)21-11-14-24-58-33(3)68/h36-42H,6-32,54H2,1-5H3,(H2,55,76)(H2,56,77)(H2,57,78)(H,58,68)(H,59,72)(H,60,74)(H,61,75)(H,62,69)(H,63,70)(H,64,73)(H,65,80)(H,66,81)(H,67,79). The lowest BCUT2D eigenvalue weighted by atomic mass is 9.92. The van der Waals surface area contributed by atoms with Crippen LogP contribution in [0.2, 0.25) is 0 Å². The van der Waals surface area contributed by atoms with Crippen LogP contribution in [0.1, 0.15) is 150 Å². The maximum atomic E-state index is 13.7. The summed E-state index contributed by atoms with van der Waals surface area (Å²) in [7, 11) is 0. The van der Waals surface area contributed by atoms with Crippen molar-refractivity contribution in [3.63, 3.8) is 0 Å².